The molecule has 28 heavy (non-hydrogen) atoms. The number of anilines is 2. The molecule has 0 bridgehead atoms. The first-order valence-electron chi connectivity index (χ1n) is 9.83. The quantitative estimate of drug-likeness (QED) is 0.567. The monoisotopic (exact) mass is 491 g/mol. The molecule has 2 aromatic carbocycles. The molecule has 1 atom stereocenters. The van der Waals surface area contributed by atoms with E-state index in [1.807, 2.05) is 6.07 Å². The number of amides is 1. The Morgan fingerprint density at radius 2 is 1.96 bits per heavy atom. The van der Waals surface area contributed by atoms with Gasteiger partial charge in [-0.2, -0.15) is 0 Å². The van der Waals surface area contributed by atoms with Crippen molar-refractivity contribution in [3.63, 3.8) is 0 Å². The third-order valence-electron chi connectivity index (χ3n) is 5.38. The number of benzene rings is 2. The predicted octanol–water partition coefficient (Wildman–Crippen LogP) is 4.33. The van der Waals surface area contributed by atoms with Gasteiger partial charge >= 0.3 is 0 Å². The van der Waals surface area contributed by atoms with Gasteiger partial charge in [0.2, 0.25) is 5.91 Å². The van der Waals surface area contributed by atoms with Crippen LogP contribution in [0.25, 0.3) is 0 Å². The molecule has 1 saturated carbocycles. The van der Waals surface area contributed by atoms with Crippen molar-refractivity contribution in [2.45, 2.75) is 31.8 Å². The highest BCUT2D eigenvalue weighted by Gasteiger charge is 2.30. The minimum atomic E-state index is 0.119. The fourth-order valence-corrected chi connectivity index (χ4v) is 4.27. The molecule has 0 unspecified atom stereocenters. The third kappa shape index (κ3) is 4.78. The van der Waals surface area contributed by atoms with Gasteiger partial charge in [0.25, 0.3) is 0 Å². The van der Waals surface area contributed by atoms with Crippen LogP contribution in [0, 0.1) is 9.49 Å². The summed E-state index contributed by atoms with van der Waals surface area (Å²) in [4.78, 5) is 14.6. The number of hydrogen-bond acceptors (Lipinski definition) is 4. The lowest BCUT2D eigenvalue weighted by molar-refractivity contribution is -0.117. The van der Waals surface area contributed by atoms with Crippen LogP contribution in [-0.2, 0) is 11.3 Å². The average molecular weight is 491 g/mol. The van der Waals surface area contributed by atoms with Crippen LogP contribution in [0.1, 0.15) is 24.8 Å². The van der Waals surface area contributed by atoms with Crippen molar-refractivity contribution in [1.29, 1.82) is 0 Å². The zero-order valence-electron chi connectivity index (χ0n) is 16.1. The van der Waals surface area contributed by atoms with Gasteiger partial charge in [-0.1, -0.05) is 30.3 Å². The Labute approximate surface area is 180 Å². The summed E-state index contributed by atoms with van der Waals surface area (Å²) in [6.07, 6.45) is 3.10. The first-order chi connectivity index (χ1) is 13.6. The largest absolute Gasteiger partial charge is 0.495 e. The first kappa shape index (κ1) is 19.5. The molecule has 0 spiro atoms. The number of carbonyl (C=O) groups is 1. The van der Waals surface area contributed by atoms with Gasteiger partial charge < -0.3 is 15.4 Å². The van der Waals surface area contributed by atoms with Crippen LogP contribution in [0.5, 0.6) is 5.75 Å². The summed E-state index contributed by atoms with van der Waals surface area (Å²) in [7, 11) is 1.68. The van der Waals surface area contributed by atoms with E-state index in [0.717, 1.165) is 59.6 Å². The summed E-state index contributed by atoms with van der Waals surface area (Å²) in [6.45, 7) is 3.08. The lowest BCUT2D eigenvalue weighted by Crippen LogP contribution is -2.26. The number of ether oxygens (including phenoxy) is 1. The van der Waals surface area contributed by atoms with Crippen molar-refractivity contribution in [3.05, 3.63) is 51.6 Å². The molecule has 4 rings (SSSR count). The van der Waals surface area contributed by atoms with Crippen molar-refractivity contribution in [1.82, 2.24) is 4.90 Å². The van der Waals surface area contributed by atoms with Crippen molar-refractivity contribution in [3.8, 4) is 5.75 Å². The third-order valence-corrected chi connectivity index (χ3v) is 6.27. The molecule has 6 heteroatoms. The number of carbonyl (C=O) groups excluding carboxylic acids is 1. The number of nitrogens with one attached hydrogen (secondary N) is 2. The lowest BCUT2D eigenvalue weighted by atomic mass is 10.2. The van der Waals surface area contributed by atoms with Crippen LogP contribution in [0.3, 0.4) is 0 Å². The van der Waals surface area contributed by atoms with E-state index in [1.54, 1.807) is 7.11 Å². The van der Waals surface area contributed by atoms with Crippen LogP contribution in [0.15, 0.2) is 42.5 Å². The Morgan fingerprint density at radius 1 is 1.18 bits per heavy atom. The van der Waals surface area contributed by atoms with Gasteiger partial charge in [0.15, 0.2) is 0 Å². The first-order valence-corrected chi connectivity index (χ1v) is 10.9. The van der Waals surface area contributed by atoms with E-state index < -0.39 is 0 Å². The lowest BCUT2D eigenvalue weighted by Gasteiger charge is -2.20. The second-order valence-electron chi connectivity index (χ2n) is 7.65. The van der Waals surface area contributed by atoms with E-state index in [1.165, 1.54) is 5.56 Å². The van der Waals surface area contributed by atoms with E-state index in [0.29, 0.717) is 6.04 Å². The predicted molar refractivity (Wildman–Crippen MR) is 121 cm³/mol. The standard InChI is InChI=1S/C22H26IN3O2/c1-28-21-12-19(25-22(27)16-7-8-16)18(23)11-20(21)24-17-9-10-26(14-17)13-15-5-3-2-4-6-15/h2-6,11-12,16-17,24H,7-10,13-14H2,1H3,(H,25,27)/t17-/m0/s1. The molecule has 1 aliphatic carbocycles. The minimum absolute atomic E-state index is 0.119. The average Bonchev–Trinajstić information content (AvgIpc) is 3.46. The molecule has 0 radical (unpaired) electrons. The second-order valence-corrected chi connectivity index (χ2v) is 8.81. The summed E-state index contributed by atoms with van der Waals surface area (Å²) in [5.41, 5.74) is 3.17. The summed E-state index contributed by atoms with van der Waals surface area (Å²) < 4.78 is 6.62. The van der Waals surface area contributed by atoms with Crippen molar-refractivity contribution in [2.75, 3.05) is 30.8 Å². The van der Waals surface area contributed by atoms with Crippen LogP contribution in [-0.4, -0.2) is 37.0 Å². The zero-order chi connectivity index (χ0) is 19.5. The van der Waals surface area contributed by atoms with Crippen LogP contribution < -0.4 is 15.4 Å². The summed E-state index contributed by atoms with van der Waals surface area (Å²) in [5, 5.41) is 6.69. The van der Waals surface area contributed by atoms with Gasteiger partial charge in [-0.3, -0.25) is 9.69 Å². The molecule has 2 N–H and O–H groups in total. The normalized spacial score (nSPS) is 19.4. The molecular formula is C22H26IN3O2. The maximum atomic E-state index is 12.1. The van der Waals surface area contributed by atoms with Gasteiger partial charge in [0.1, 0.15) is 5.75 Å². The molecule has 1 saturated heterocycles. The second kappa shape index (κ2) is 8.69. The van der Waals surface area contributed by atoms with E-state index in [4.69, 9.17) is 4.74 Å². The van der Waals surface area contributed by atoms with Crippen molar-refractivity contribution in [2.24, 2.45) is 5.92 Å². The SMILES string of the molecule is COc1cc(NC(=O)C2CC2)c(I)cc1N[C@H]1CCN(Cc2ccccc2)C1. The van der Waals surface area contributed by atoms with Gasteiger partial charge in [-0.15, -0.1) is 0 Å². The Morgan fingerprint density at radius 3 is 2.68 bits per heavy atom. The molecule has 2 aromatic rings. The Bertz CT molecular complexity index is 839. The number of likely N-dealkylation sites (tertiary alicyclic amines) is 1. The highest BCUT2D eigenvalue weighted by molar-refractivity contribution is 14.1. The molecule has 2 aliphatic rings. The molecular weight excluding hydrogens is 465 g/mol. The summed E-state index contributed by atoms with van der Waals surface area (Å²) in [5.74, 6) is 1.08. The highest BCUT2D eigenvalue weighted by atomic mass is 127. The highest BCUT2D eigenvalue weighted by Crippen LogP contribution is 2.36. The molecule has 5 nitrogen and oxygen atoms in total. The van der Waals surface area contributed by atoms with Crippen molar-refractivity contribution >= 4 is 39.9 Å². The summed E-state index contributed by atoms with van der Waals surface area (Å²) in [6, 6.07) is 15.0. The molecule has 2 fully saturated rings. The Kier molecular flexibility index (Phi) is 6.06. The van der Waals surface area contributed by atoms with E-state index in [9.17, 15) is 4.79 Å². The number of nitrogens with zero attached hydrogens (tertiary/aromatic N) is 1. The van der Waals surface area contributed by atoms with Gasteiger partial charge in [-0.05, 0) is 53.5 Å². The fourth-order valence-electron chi connectivity index (χ4n) is 3.67. The van der Waals surface area contributed by atoms with Crippen LogP contribution in [0.4, 0.5) is 11.4 Å². The molecule has 148 valence electrons. The van der Waals surface area contributed by atoms with Gasteiger partial charge in [0.05, 0.1) is 18.5 Å². The number of rotatable bonds is 7. The molecule has 1 amide bonds. The van der Waals surface area contributed by atoms with E-state index >= 15 is 0 Å². The fraction of sp³-hybridized carbons (Fsp3) is 0.409. The molecule has 0 aromatic heterocycles. The molecule has 1 aliphatic heterocycles. The number of hydrogen-bond donors (Lipinski definition) is 2. The van der Waals surface area contributed by atoms with Gasteiger partial charge in [0, 0.05) is 41.2 Å². The summed E-state index contributed by atoms with van der Waals surface area (Å²) >= 11 is 2.28. The topological polar surface area (TPSA) is 53.6 Å². The van der Waals surface area contributed by atoms with Crippen molar-refractivity contribution < 1.29 is 9.53 Å². The Hall–Kier alpha value is -1.80. The maximum absolute atomic E-state index is 12.1. The number of methoxy groups -OCH3 is 1. The zero-order valence-corrected chi connectivity index (χ0v) is 18.2. The van der Waals surface area contributed by atoms with Crippen LogP contribution >= 0.6 is 22.6 Å². The Balaban J connectivity index is 1.40. The van der Waals surface area contributed by atoms with Gasteiger partial charge in [-0.25, -0.2) is 0 Å². The minimum Gasteiger partial charge on any atom is -0.495 e. The smallest absolute Gasteiger partial charge is 0.227 e. The number of halogens is 1. The van der Waals surface area contributed by atoms with Crippen LogP contribution in [0.2, 0.25) is 0 Å². The van der Waals surface area contributed by atoms with E-state index in [-0.39, 0.29) is 11.8 Å². The molecule has 1 heterocycles. The maximum Gasteiger partial charge on any atom is 0.227 e. The van der Waals surface area contributed by atoms with E-state index in [2.05, 4.69) is 74.5 Å².